The molecule has 4 nitrogen and oxygen atoms in total. The van der Waals surface area contributed by atoms with Crippen LogP contribution >= 0.6 is 0 Å². The molecule has 0 fully saturated rings. The molecule has 4 atom stereocenters. The number of fused-ring (bicyclic) bond motifs is 14. The first-order valence-electron chi connectivity index (χ1n) is 34.5. The van der Waals surface area contributed by atoms with Crippen molar-refractivity contribution in [3.63, 3.8) is 0 Å². The van der Waals surface area contributed by atoms with Gasteiger partial charge in [0.05, 0.1) is 16.8 Å². The van der Waals surface area contributed by atoms with Crippen LogP contribution in [0.3, 0.4) is 0 Å². The summed E-state index contributed by atoms with van der Waals surface area (Å²) in [5.74, 6) is 0. The van der Waals surface area contributed by atoms with E-state index in [0.717, 1.165) is 31.4 Å². The highest BCUT2D eigenvalue weighted by molar-refractivity contribution is 7.00. The first kappa shape index (κ1) is 59.5. The summed E-state index contributed by atoms with van der Waals surface area (Å²) < 4.78 is 0. The molecule has 10 aromatic carbocycles. The Morgan fingerprint density at radius 3 is 1.35 bits per heavy atom. The molecule has 466 valence electrons. The van der Waals surface area contributed by atoms with Crippen molar-refractivity contribution < 1.29 is 0 Å². The third kappa shape index (κ3) is 8.42. The summed E-state index contributed by atoms with van der Waals surface area (Å²) >= 11 is 0. The maximum Gasteiger partial charge on any atom is 0.252 e. The zero-order valence-electron chi connectivity index (χ0n) is 57.9. The van der Waals surface area contributed by atoms with E-state index in [2.05, 4.69) is 343 Å². The Balaban J connectivity index is 1.05. The van der Waals surface area contributed by atoms with E-state index in [9.17, 15) is 0 Å². The van der Waals surface area contributed by atoms with Crippen molar-refractivity contribution in [1.82, 2.24) is 0 Å². The Kier molecular flexibility index (Phi) is 12.8. The van der Waals surface area contributed by atoms with Gasteiger partial charge in [-0.2, -0.15) is 0 Å². The Bertz CT molecular complexity index is 4720. The van der Waals surface area contributed by atoms with Crippen molar-refractivity contribution in [2.24, 2.45) is 0 Å². The van der Waals surface area contributed by atoms with Crippen LogP contribution in [0.25, 0.3) is 11.1 Å². The van der Waals surface area contributed by atoms with Gasteiger partial charge in [-0.05, 0) is 206 Å². The number of benzene rings is 10. The lowest BCUT2D eigenvalue weighted by Gasteiger charge is -2.52. The minimum atomic E-state index is -0.470. The number of aryl methyl sites for hydroxylation is 2. The van der Waals surface area contributed by atoms with Crippen LogP contribution in [-0.2, 0) is 56.4 Å². The largest absolute Gasteiger partial charge is 0.330 e. The van der Waals surface area contributed by atoms with Crippen molar-refractivity contribution in [2.45, 2.75) is 180 Å². The van der Waals surface area contributed by atoms with Crippen LogP contribution in [0.1, 0.15) is 179 Å². The van der Waals surface area contributed by atoms with Crippen molar-refractivity contribution in [3.8, 4) is 11.1 Å². The maximum absolute atomic E-state index is 2.83. The second kappa shape index (κ2) is 20.0. The van der Waals surface area contributed by atoms with E-state index in [0.29, 0.717) is 0 Å². The summed E-state index contributed by atoms with van der Waals surface area (Å²) in [4.78, 5) is 11.0. The molecule has 93 heavy (non-hydrogen) atoms. The minimum absolute atomic E-state index is 0.0333. The second-order valence-electron chi connectivity index (χ2n) is 33.2. The lowest BCUT2D eigenvalue weighted by molar-refractivity contribution is 0.245. The third-order valence-electron chi connectivity index (χ3n) is 24.0. The highest BCUT2D eigenvalue weighted by atomic mass is 15.3. The molecule has 0 radical (unpaired) electrons. The van der Waals surface area contributed by atoms with Crippen LogP contribution in [0.5, 0.6) is 0 Å². The highest BCUT2D eigenvalue weighted by Gasteiger charge is 2.62. The Hall–Kier alpha value is -8.54. The number of para-hydroxylation sites is 1. The molecule has 0 aromatic heterocycles. The molecular formula is C88H91BN4. The Morgan fingerprint density at radius 1 is 0.323 bits per heavy atom. The molecule has 0 spiro atoms. The van der Waals surface area contributed by atoms with Crippen LogP contribution in [0.4, 0.5) is 56.9 Å². The summed E-state index contributed by atoms with van der Waals surface area (Å²) in [7, 11) is 0. The summed E-state index contributed by atoms with van der Waals surface area (Å²) in [6.45, 7) is 38.5. The molecule has 0 bridgehead atoms. The summed E-state index contributed by atoms with van der Waals surface area (Å²) in [6, 6.07) is 84.3. The molecule has 0 amide bonds. The van der Waals surface area contributed by atoms with Gasteiger partial charge in [-0.1, -0.05) is 243 Å². The number of anilines is 10. The van der Waals surface area contributed by atoms with Crippen molar-refractivity contribution in [2.75, 3.05) is 19.6 Å². The number of nitrogens with zero attached hydrogens (tertiary/aromatic N) is 4. The first-order valence-corrected chi connectivity index (χ1v) is 34.5. The molecule has 4 unspecified atom stereocenters. The summed E-state index contributed by atoms with van der Waals surface area (Å²) in [6.07, 6.45) is 4.20. The normalized spacial score (nSPS) is 21.7. The van der Waals surface area contributed by atoms with E-state index in [4.69, 9.17) is 0 Å². The molecule has 6 aliphatic rings. The summed E-state index contributed by atoms with van der Waals surface area (Å²) in [5, 5.41) is 0. The molecule has 2 aliphatic carbocycles. The molecular weight excluding hydrogens is 1120 g/mol. The van der Waals surface area contributed by atoms with Crippen molar-refractivity contribution >= 4 is 80.0 Å². The monoisotopic (exact) mass is 1210 g/mol. The van der Waals surface area contributed by atoms with E-state index in [1.165, 1.54) is 134 Å². The SMILES string of the molecule is CC(C)(C)c1ccc(N2c3cc(N4c5ccccc5C5(C)CCc6ccccc6C45C)ccc3B3c4ccc(C(C)(C)C)cc4N(c4ccc(C(C)(C)C)cc4-c4ccccc4)c4cc(N5c6ccc(C(C)(C)C)cc6C6(C)CCc7ccccc7C56C)cc2c43)cc1. The summed E-state index contributed by atoms with van der Waals surface area (Å²) in [5.41, 5.74) is 31.0. The highest BCUT2D eigenvalue weighted by Crippen LogP contribution is 2.67. The fourth-order valence-corrected chi connectivity index (χ4v) is 18.2. The van der Waals surface area contributed by atoms with Crippen LogP contribution in [-0.4, -0.2) is 6.71 Å². The van der Waals surface area contributed by atoms with Crippen LogP contribution < -0.4 is 36.0 Å². The molecule has 4 heterocycles. The van der Waals surface area contributed by atoms with Gasteiger partial charge in [0, 0.05) is 67.6 Å². The lowest BCUT2D eigenvalue weighted by atomic mass is 9.33. The van der Waals surface area contributed by atoms with Crippen molar-refractivity contribution in [3.05, 3.63) is 268 Å². The fraction of sp³-hybridized carbons (Fsp3) is 0.318. The van der Waals surface area contributed by atoms with Gasteiger partial charge in [0.25, 0.3) is 6.71 Å². The van der Waals surface area contributed by atoms with Crippen LogP contribution in [0.2, 0.25) is 0 Å². The quantitative estimate of drug-likeness (QED) is 0.159. The zero-order chi connectivity index (χ0) is 64.9. The predicted octanol–water partition coefficient (Wildman–Crippen LogP) is 21.2. The zero-order valence-corrected chi connectivity index (χ0v) is 57.9. The van der Waals surface area contributed by atoms with Crippen LogP contribution in [0, 0.1) is 0 Å². The van der Waals surface area contributed by atoms with Gasteiger partial charge in [-0.15, -0.1) is 0 Å². The molecule has 5 heteroatoms. The number of rotatable bonds is 5. The van der Waals surface area contributed by atoms with E-state index < -0.39 is 5.54 Å². The van der Waals surface area contributed by atoms with Gasteiger partial charge in [0.2, 0.25) is 0 Å². The third-order valence-corrected chi connectivity index (χ3v) is 24.0. The van der Waals surface area contributed by atoms with E-state index in [1.807, 2.05) is 0 Å². The Labute approximate surface area is 555 Å². The second-order valence-corrected chi connectivity index (χ2v) is 33.2. The first-order chi connectivity index (χ1) is 44.1. The molecule has 0 N–H and O–H groups in total. The number of hydrogen-bond donors (Lipinski definition) is 0. The standard InChI is InChI=1S/C88H91BN4/c1-81(2,3)59-34-39-63(40-35-59)90-77-53-64(92-74-33-25-24-32-69(74)85(13)48-46-57-28-20-22-30-67(57)87(85,92)15)41-43-72(77)89-71-42-36-62(84(10,11)12)52-76(71)91(73-44-37-60(82(4,5)6)50-66(73)56-26-18-17-19-27-56)79-55-65(54-78(90)80(79)89)93-75-45-38-61(83(7,8)9)51-70(75)86(14)49-47-58-29-21-23-31-68(58)88(86,93)16/h17-45,50-55H,46-49H2,1-16H3. The van der Waals surface area contributed by atoms with Gasteiger partial charge in [0.1, 0.15) is 0 Å². The van der Waals surface area contributed by atoms with Gasteiger partial charge in [-0.25, -0.2) is 0 Å². The van der Waals surface area contributed by atoms with Gasteiger partial charge in [0.15, 0.2) is 0 Å². The maximum atomic E-state index is 2.83. The lowest BCUT2D eigenvalue weighted by Crippen LogP contribution is -2.61. The van der Waals surface area contributed by atoms with E-state index >= 15 is 0 Å². The molecule has 4 aliphatic heterocycles. The molecule has 0 saturated carbocycles. The van der Waals surface area contributed by atoms with Gasteiger partial charge in [-0.3, -0.25) is 0 Å². The van der Waals surface area contributed by atoms with Gasteiger partial charge >= 0.3 is 0 Å². The minimum Gasteiger partial charge on any atom is -0.330 e. The van der Waals surface area contributed by atoms with Crippen molar-refractivity contribution in [1.29, 1.82) is 0 Å². The predicted molar refractivity (Wildman–Crippen MR) is 397 cm³/mol. The van der Waals surface area contributed by atoms with Gasteiger partial charge < -0.3 is 19.6 Å². The van der Waals surface area contributed by atoms with E-state index in [1.54, 1.807) is 0 Å². The number of hydrogen-bond acceptors (Lipinski definition) is 4. The van der Waals surface area contributed by atoms with Crippen LogP contribution in [0.15, 0.2) is 212 Å². The van der Waals surface area contributed by atoms with E-state index in [-0.39, 0.29) is 44.7 Å². The molecule has 0 saturated heterocycles. The topological polar surface area (TPSA) is 13.0 Å². The average molecular weight is 1220 g/mol. The molecule has 10 aromatic rings. The molecule has 16 rings (SSSR count). The fourth-order valence-electron chi connectivity index (χ4n) is 18.2. The smallest absolute Gasteiger partial charge is 0.252 e. The average Bonchev–Trinajstić information content (AvgIpc) is 1.59. The Morgan fingerprint density at radius 2 is 0.753 bits per heavy atom.